The van der Waals surface area contributed by atoms with Crippen molar-refractivity contribution in [2.45, 2.75) is 31.9 Å². The van der Waals surface area contributed by atoms with Crippen LogP contribution in [-0.4, -0.2) is 11.5 Å². The van der Waals surface area contributed by atoms with Gasteiger partial charge in [-0.25, -0.2) is 0 Å². The van der Waals surface area contributed by atoms with Crippen LogP contribution >= 0.6 is 11.8 Å². The molecule has 0 bridgehead atoms. The Balaban J connectivity index is 2.67. The first-order valence-corrected chi connectivity index (χ1v) is 6.45. The highest BCUT2D eigenvalue weighted by molar-refractivity contribution is 7.99. The smallest absolute Gasteiger partial charge is 0.131 e. The van der Waals surface area contributed by atoms with Crippen LogP contribution in [0.15, 0.2) is 30.3 Å². The fourth-order valence-corrected chi connectivity index (χ4v) is 2.68. The summed E-state index contributed by atoms with van der Waals surface area (Å²) in [4.78, 5) is 11.2. The lowest BCUT2D eigenvalue weighted by Crippen LogP contribution is -2.01. The number of carbonyl (C=O) groups is 1. The molecule has 0 saturated carbocycles. The highest BCUT2D eigenvalue weighted by Gasteiger charge is 2.13. The number of thioether (sulfide) groups is 1. The Kier molecular flexibility index (Phi) is 5.48. The van der Waals surface area contributed by atoms with Crippen molar-refractivity contribution >= 4 is 17.5 Å². The minimum atomic E-state index is 0.271. The van der Waals surface area contributed by atoms with Gasteiger partial charge < -0.3 is 0 Å². The summed E-state index contributed by atoms with van der Waals surface area (Å²) in [6.45, 7) is 3.84. The molecule has 1 nitrogen and oxygen atoms in total. The van der Waals surface area contributed by atoms with Gasteiger partial charge in [0.2, 0.25) is 0 Å². The molecule has 0 saturated heterocycles. The van der Waals surface area contributed by atoms with Gasteiger partial charge in [0.25, 0.3) is 0 Å². The first kappa shape index (κ1) is 12.3. The molecular formula is C13H18OS. The minimum Gasteiger partial charge on any atom is -0.300 e. The summed E-state index contributed by atoms with van der Waals surface area (Å²) in [5, 5.41) is 0.337. The molecule has 1 aromatic carbocycles. The maximum Gasteiger partial charge on any atom is 0.131 e. The summed E-state index contributed by atoms with van der Waals surface area (Å²) in [6.07, 6.45) is 1.81. The highest BCUT2D eigenvalue weighted by Crippen LogP contribution is 2.32. The quantitative estimate of drug-likeness (QED) is 0.727. The van der Waals surface area contributed by atoms with Crippen molar-refractivity contribution in [3.05, 3.63) is 35.9 Å². The van der Waals surface area contributed by atoms with Gasteiger partial charge in [0.15, 0.2) is 0 Å². The normalized spacial score (nSPS) is 12.4. The molecule has 0 fully saturated rings. The van der Waals surface area contributed by atoms with Crippen LogP contribution in [0.1, 0.15) is 37.5 Å². The summed E-state index contributed by atoms with van der Waals surface area (Å²) >= 11 is 1.88. The third-order valence-corrected chi connectivity index (χ3v) is 3.65. The summed E-state index contributed by atoms with van der Waals surface area (Å²) in [5.74, 6) is 1.39. The summed E-state index contributed by atoms with van der Waals surface area (Å²) in [7, 11) is 0. The van der Waals surface area contributed by atoms with Crippen molar-refractivity contribution in [2.75, 3.05) is 5.75 Å². The molecule has 82 valence electrons. The van der Waals surface area contributed by atoms with E-state index in [2.05, 4.69) is 19.1 Å². The molecule has 1 rings (SSSR count). The Bertz CT molecular complexity index is 295. The van der Waals surface area contributed by atoms with Crippen molar-refractivity contribution in [2.24, 2.45) is 0 Å². The molecule has 0 aliphatic rings. The Hall–Kier alpha value is -0.760. The maximum atomic E-state index is 11.2. The number of benzene rings is 1. The highest BCUT2D eigenvalue weighted by atomic mass is 32.2. The van der Waals surface area contributed by atoms with Crippen LogP contribution in [0.4, 0.5) is 0 Å². The van der Waals surface area contributed by atoms with Crippen LogP contribution in [0.3, 0.4) is 0 Å². The predicted octanol–water partition coefficient (Wildman–Crippen LogP) is 3.85. The van der Waals surface area contributed by atoms with Gasteiger partial charge in [0, 0.05) is 11.7 Å². The first-order valence-electron chi connectivity index (χ1n) is 5.40. The van der Waals surface area contributed by atoms with Gasteiger partial charge >= 0.3 is 0 Å². The van der Waals surface area contributed by atoms with Crippen molar-refractivity contribution in [1.29, 1.82) is 0 Å². The van der Waals surface area contributed by atoms with Crippen molar-refractivity contribution < 1.29 is 4.79 Å². The van der Waals surface area contributed by atoms with Crippen LogP contribution in [0.25, 0.3) is 0 Å². The zero-order chi connectivity index (χ0) is 11.1. The van der Waals surface area contributed by atoms with Crippen molar-refractivity contribution in [1.82, 2.24) is 0 Å². The molecule has 0 aromatic heterocycles. The van der Waals surface area contributed by atoms with E-state index in [1.165, 1.54) is 5.56 Å². The fourth-order valence-electron chi connectivity index (χ4n) is 1.46. The third kappa shape index (κ3) is 4.52. The monoisotopic (exact) mass is 222 g/mol. The average molecular weight is 222 g/mol. The van der Waals surface area contributed by atoms with Crippen LogP contribution in [0.5, 0.6) is 0 Å². The summed E-state index contributed by atoms with van der Waals surface area (Å²) in [5.41, 5.74) is 1.27. The van der Waals surface area contributed by atoms with Gasteiger partial charge in [-0.05, 0) is 24.7 Å². The van der Waals surface area contributed by atoms with Gasteiger partial charge in [-0.3, -0.25) is 4.79 Å². The first-order chi connectivity index (χ1) is 7.24. The Morgan fingerprint density at radius 3 is 2.53 bits per heavy atom. The molecule has 2 heteroatoms. The van der Waals surface area contributed by atoms with E-state index in [0.717, 1.165) is 12.2 Å². The molecule has 1 atom stereocenters. The van der Waals surface area contributed by atoms with Crippen LogP contribution in [0, 0.1) is 0 Å². The molecule has 0 radical (unpaired) electrons. The Morgan fingerprint density at radius 1 is 1.33 bits per heavy atom. The molecule has 0 amide bonds. The van der Waals surface area contributed by atoms with E-state index >= 15 is 0 Å². The van der Waals surface area contributed by atoms with E-state index in [0.29, 0.717) is 11.7 Å². The molecule has 0 aliphatic carbocycles. The molecule has 15 heavy (non-hydrogen) atoms. The largest absolute Gasteiger partial charge is 0.300 e. The standard InChI is InChI=1S/C13H18OS/c1-3-9-15-13(10-11(2)14)12-7-5-4-6-8-12/h4-8,13H,3,9-10H2,1-2H3. The number of rotatable bonds is 6. The number of ketones is 1. The molecular weight excluding hydrogens is 204 g/mol. The van der Waals surface area contributed by atoms with Gasteiger partial charge in [-0.2, -0.15) is 11.8 Å². The van der Waals surface area contributed by atoms with E-state index < -0.39 is 0 Å². The van der Waals surface area contributed by atoms with E-state index in [-0.39, 0.29) is 5.78 Å². The predicted molar refractivity (Wildman–Crippen MR) is 67.2 cm³/mol. The lowest BCUT2D eigenvalue weighted by atomic mass is 10.1. The SMILES string of the molecule is CCCSC(CC(C)=O)c1ccccc1. The van der Waals surface area contributed by atoms with Gasteiger partial charge in [-0.1, -0.05) is 37.3 Å². The molecule has 0 aliphatic heterocycles. The second kappa shape index (κ2) is 6.67. The maximum absolute atomic E-state index is 11.2. The van der Waals surface area contributed by atoms with Crippen LogP contribution < -0.4 is 0 Å². The average Bonchev–Trinajstić information content (AvgIpc) is 2.25. The third-order valence-electron chi connectivity index (χ3n) is 2.17. The Morgan fingerprint density at radius 2 is 2.00 bits per heavy atom. The van der Waals surface area contributed by atoms with Crippen molar-refractivity contribution in [3.8, 4) is 0 Å². The lowest BCUT2D eigenvalue weighted by molar-refractivity contribution is -0.117. The zero-order valence-electron chi connectivity index (χ0n) is 9.40. The van der Waals surface area contributed by atoms with E-state index in [9.17, 15) is 4.79 Å². The second-order valence-electron chi connectivity index (χ2n) is 3.68. The topological polar surface area (TPSA) is 17.1 Å². The van der Waals surface area contributed by atoms with E-state index in [4.69, 9.17) is 0 Å². The zero-order valence-corrected chi connectivity index (χ0v) is 10.2. The van der Waals surface area contributed by atoms with Gasteiger partial charge in [0.1, 0.15) is 5.78 Å². The fraction of sp³-hybridized carbons (Fsp3) is 0.462. The molecule has 1 unspecified atom stereocenters. The number of hydrogen-bond donors (Lipinski definition) is 0. The Labute approximate surface area is 96.3 Å². The number of hydrogen-bond acceptors (Lipinski definition) is 2. The molecule has 0 N–H and O–H groups in total. The van der Waals surface area contributed by atoms with Crippen LogP contribution in [-0.2, 0) is 4.79 Å². The number of Topliss-reactive ketones (excluding diaryl/α,β-unsaturated/α-hetero) is 1. The molecule has 0 spiro atoms. The molecule has 0 heterocycles. The van der Waals surface area contributed by atoms with Crippen LogP contribution in [0.2, 0.25) is 0 Å². The van der Waals surface area contributed by atoms with Gasteiger partial charge in [0.05, 0.1) is 0 Å². The number of carbonyl (C=O) groups excluding carboxylic acids is 1. The van der Waals surface area contributed by atoms with E-state index in [1.807, 2.05) is 30.0 Å². The van der Waals surface area contributed by atoms with E-state index in [1.54, 1.807) is 6.92 Å². The second-order valence-corrected chi connectivity index (χ2v) is 4.99. The van der Waals surface area contributed by atoms with Crippen molar-refractivity contribution in [3.63, 3.8) is 0 Å². The summed E-state index contributed by atoms with van der Waals surface area (Å²) in [6, 6.07) is 10.3. The minimum absolute atomic E-state index is 0.271. The summed E-state index contributed by atoms with van der Waals surface area (Å²) < 4.78 is 0. The lowest BCUT2D eigenvalue weighted by Gasteiger charge is -2.14. The van der Waals surface area contributed by atoms with Gasteiger partial charge in [-0.15, -0.1) is 0 Å². The molecule has 1 aromatic rings.